The van der Waals surface area contributed by atoms with Crippen molar-refractivity contribution in [1.82, 2.24) is 6.15 Å². The fourth-order valence-electron chi connectivity index (χ4n) is 4.81. The van der Waals surface area contributed by atoms with E-state index in [2.05, 4.69) is 20.8 Å². The molecule has 0 aliphatic rings. The van der Waals surface area contributed by atoms with Crippen LogP contribution in [0.4, 0.5) is 0 Å². The van der Waals surface area contributed by atoms with Crippen molar-refractivity contribution < 1.29 is 15.0 Å². The average Bonchev–Trinajstić information content (AvgIpc) is 2.74. The van der Waals surface area contributed by atoms with E-state index in [1.54, 1.807) is 0 Å². The van der Waals surface area contributed by atoms with Crippen LogP contribution in [0.5, 0.6) is 0 Å². The Balaban J connectivity index is 0. The highest BCUT2D eigenvalue weighted by Gasteiger charge is 2.37. The number of hydrogen-bond acceptors (Lipinski definition) is 3. The van der Waals surface area contributed by atoms with E-state index in [1.807, 2.05) is 0 Å². The summed E-state index contributed by atoms with van der Waals surface area (Å²) in [5.74, 6) is -1.27. The Morgan fingerprint density at radius 2 is 0.871 bits per heavy atom. The molecule has 0 heterocycles. The van der Waals surface area contributed by atoms with Gasteiger partial charge in [-0.2, -0.15) is 0 Å². The molecule has 1 atom stereocenters. The summed E-state index contributed by atoms with van der Waals surface area (Å²) in [4.78, 5) is 11.7. The number of carboxylic acid groups (broad SMARTS) is 1. The lowest BCUT2D eigenvalue weighted by molar-refractivity contribution is -0.320. The number of aliphatic hydroxyl groups excluding tert-OH is 1. The maximum Gasteiger partial charge on any atom is 0.0989 e. The topological polar surface area (TPSA) is 96.9 Å². The summed E-state index contributed by atoms with van der Waals surface area (Å²) in [6.07, 6.45) is 22.7. The minimum atomic E-state index is -1.32. The second-order valence-electron chi connectivity index (χ2n) is 9.64. The summed E-state index contributed by atoms with van der Waals surface area (Å²) >= 11 is 0. The van der Waals surface area contributed by atoms with Crippen molar-refractivity contribution in [2.75, 3.05) is 0 Å². The molecule has 4 heteroatoms. The maximum absolute atomic E-state index is 11.7. The van der Waals surface area contributed by atoms with Gasteiger partial charge in [-0.05, 0) is 19.3 Å². The molecule has 188 valence electrons. The highest BCUT2D eigenvalue weighted by molar-refractivity contribution is 5.70. The van der Waals surface area contributed by atoms with Gasteiger partial charge in [-0.25, -0.2) is 0 Å². The first-order valence-electron chi connectivity index (χ1n) is 13.4. The Bertz CT molecular complexity index is 346. The molecule has 0 aliphatic heterocycles. The van der Waals surface area contributed by atoms with Gasteiger partial charge < -0.3 is 21.2 Å². The first kappa shape index (κ1) is 32.6. The largest absolute Gasteiger partial charge is 0.547 e. The molecule has 0 aromatic heterocycles. The molecule has 0 aromatic carbocycles. The summed E-state index contributed by atoms with van der Waals surface area (Å²) in [5, 5.41) is 22.4. The fraction of sp³-hybridized carbons (Fsp3) is 0.963. The van der Waals surface area contributed by atoms with Crippen LogP contribution in [0.15, 0.2) is 0 Å². The van der Waals surface area contributed by atoms with Crippen LogP contribution < -0.4 is 11.3 Å². The SMILES string of the molecule is CCCCCCCCC(CCCCCCCC)(CCCCCCCC)C(O)C(=O)[O-].[NH4+]. The third kappa shape index (κ3) is 16.7. The van der Waals surface area contributed by atoms with Gasteiger partial charge in [0.05, 0.1) is 12.1 Å². The number of rotatable bonds is 23. The molecular formula is C27H57NO3. The molecule has 1 unspecified atom stereocenters. The maximum atomic E-state index is 11.7. The van der Waals surface area contributed by atoms with Gasteiger partial charge >= 0.3 is 0 Å². The highest BCUT2D eigenvalue weighted by Crippen LogP contribution is 2.40. The third-order valence-corrected chi connectivity index (χ3v) is 6.89. The second kappa shape index (κ2) is 22.6. The lowest BCUT2D eigenvalue weighted by Crippen LogP contribution is -2.48. The van der Waals surface area contributed by atoms with E-state index in [1.165, 1.54) is 77.0 Å². The first-order valence-corrected chi connectivity index (χ1v) is 13.4. The quantitative estimate of drug-likeness (QED) is 0.158. The molecule has 0 aliphatic carbocycles. The molecule has 0 bridgehead atoms. The summed E-state index contributed by atoms with van der Waals surface area (Å²) in [6.45, 7) is 6.67. The summed E-state index contributed by atoms with van der Waals surface area (Å²) < 4.78 is 0. The highest BCUT2D eigenvalue weighted by atomic mass is 16.4. The molecule has 0 saturated heterocycles. The number of aliphatic carboxylic acids is 1. The molecule has 0 aromatic rings. The van der Waals surface area contributed by atoms with E-state index in [9.17, 15) is 15.0 Å². The molecule has 0 saturated carbocycles. The molecule has 31 heavy (non-hydrogen) atoms. The van der Waals surface area contributed by atoms with Crippen LogP contribution in [-0.2, 0) is 4.79 Å². The van der Waals surface area contributed by atoms with Crippen LogP contribution in [0.3, 0.4) is 0 Å². The molecular weight excluding hydrogens is 386 g/mol. The molecule has 0 rings (SSSR count). The van der Waals surface area contributed by atoms with Crippen molar-refractivity contribution in [2.45, 2.75) is 162 Å². The zero-order chi connectivity index (χ0) is 22.5. The lowest BCUT2D eigenvalue weighted by atomic mass is 9.70. The van der Waals surface area contributed by atoms with Crippen molar-refractivity contribution in [3.8, 4) is 0 Å². The van der Waals surface area contributed by atoms with Gasteiger partial charge in [0.2, 0.25) is 0 Å². The van der Waals surface area contributed by atoms with E-state index in [0.29, 0.717) is 0 Å². The smallest absolute Gasteiger partial charge is 0.0989 e. The van der Waals surface area contributed by atoms with Crippen LogP contribution in [-0.4, -0.2) is 17.2 Å². The Kier molecular flexibility index (Phi) is 23.7. The van der Waals surface area contributed by atoms with E-state index in [0.717, 1.165) is 57.8 Å². The van der Waals surface area contributed by atoms with Gasteiger partial charge in [0.25, 0.3) is 0 Å². The Morgan fingerprint density at radius 1 is 0.613 bits per heavy atom. The Morgan fingerprint density at radius 3 is 1.13 bits per heavy atom. The number of hydrogen-bond donors (Lipinski definition) is 2. The molecule has 4 nitrogen and oxygen atoms in total. The van der Waals surface area contributed by atoms with Crippen molar-refractivity contribution in [2.24, 2.45) is 5.41 Å². The van der Waals surface area contributed by atoms with Gasteiger partial charge in [0, 0.05) is 5.41 Å². The summed E-state index contributed by atoms with van der Waals surface area (Å²) in [7, 11) is 0. The van der Waals surface area contributed by atoms with Crippen molar-refractivity contribution in [3.63, 3.8) is 0 Å². The fourth-order valence-corrected chi connectivity index (χ4v) is 4.81. The van der Waals surface area contributed by atoms with Gasteiger partial charge in [-0.1, -0.05) is 136 Å². The van der Waals surface area contributed by atoms with Crippen LogP contribution >= 0.6 is 0 Å². The minimum Gasteiger partial charge on any atom is -0.547 e. The van der Waals surface area contributed by atoms with Crippen molar-refractivity contribution in [1.29, 1.82) is 0 Å². The van der Waals surface area contributed by atoms with Crippen LogP contribution in [0.25, 0.3) is 0 Å². The lowest BCUT2D eigenvalue weighted by Gasteiger charge is -2.39. The zero-order valence-corrected chi connectivity index (χ0v) is 21.7. The number of unbranched alkanes of at least 4 members (excludes halogenated alkanes) is 15. The Hall–Kier alpha value is -0.610. The van der Waals surface area contributed by atoms with Gasteiger partial charge in [0.1, 0.15) is 0 Å². The molecule has 0 spiro atoms. The predicted octanol–water partition coefficient (Wildman–Crippen LogP) is 7.71. The molecule has 0 amide bonds. The van der Waals surface area contributed by atoms with E-state index < -0.39 is 17.5 Å². The van der Waals surface area contributed by atoms with E-state index in [4.69, 9.17) is 0 Å². The standard InChI is InChI=1S/C27H54O3.H3N/c1-4-7-10-13-16-19-22-27(25(28)26(29)30,23-20-17-14-11-8-5-2)24-21-18-15-12-9-6-3;/h25,28H,4-24H2,1-3H3,(H,29,30);1H3. The first-order chi connectivity index (χ1) is 14.5. The average molecular weight is 444 g/mol. The monoisotopic (exact) mass is 443 g/mol. The van der Waals surface area contributed by atoms with E-state index in [-0.39, 0.29) is 6.15 Å². The van der Waals surface area contributed by atoms with Crippen LogP contribution in [0.1, 0.15) is 156 Å². The van der Waals surface area contributed by atoms with Gasteiger partial charge in [-0.15, -0.1) is 0 Å². The van der Waals surface area contributed by atoms with Gasteiger partial charge in [-0.3, -0.25) is 0 Å². The Labute approximate surface area is 194 Å². The van der Waals surface area contributed by atoms with E-state index >= 15 is 0 Å². The van der Waals surface area contributed by atoms with Gasteiger partial charge in [0.15, 0.2) is 0 Å². The summed E-state index contributed by atoms with van der Waals surface area (Å²) in [6, 6.07) is 0. The normalized spacial score (nSPS) is 12.5. The molecule has 5 N–H and O–H groups in total. The number of quaternary nitrogens is 1. The number of carbonyl (C=O) groups is 1. The van der Waals surface area contributed by atoms with Crippen LogP contribution in [0.2, 0.25) is 0 Å². The number of aliphatic hydroxyl groups is 1. The molecule has 0 fully saturated rings. The predicted molar refractivity (Wildman–Crippen MR) is 133 cm³/mol. The third-order valence-electron chi connectivity index (χ3n) is 6.89. The second-order valence-corrected chi connectivity index (χ2v) is 9.64. The van der Waals surface area contributed by atoms with Crippen LogP contribution in [0, 0.1) is 5.41 Å². The molecule has 0 radical (unpaired) electrons. The van der Waals surface area contributed by atoms with Crippen molar-refractivity contribution >= 4 is 5.97 Å². The number of carboxylic acids is 1. The zero-order valence-electron chi connectivity index (χ0n) is 21.7. The van der Waals surface area contributed by atoms with Crippen molar-refractivity contribution in [3.05, 3.63) is 0 Å². The summed E-state index contributed by atoms with van der Waals surface area (Å²) in [5.41, 5.74) is -0.487. The number of carbonyl (C=O) groups excluding carboxylic acids is 1. The minimum absolute atomic E-state index is 0.